The lowest BCUT2D eigenvalue weighted by Gasteiger charge is -2.22. The lowest BCUT2D eigenvalue weighted by Crippen LogP contribution is -2.36. The van der Waals surface area contributed by atoms with Crippen molar-refractivity contribution in [3.8, 4) is 11.5 Å². The standard InChI is InChI=1S/C14H17N3O2/c18-14(15-10-5-2-1-3-6-10)12-9-11(16-17-12)13-7-4-8-19-13/h4,7-10H,1-3,5-6H2,(H,15,18)(H,16,17). The molecular formula is C14H17N3O2. The Bertz CT molecular complexity index is 539. The van der Waals surface area contributed by atoms with E-state index in [0.29, 0.717) is 17.5 Å². The van der Waals surface area contributed by atoms with Gasteiger partial charge in [-0.3, -0.25) is 9.89 Å². The van der Waals surface area contributed by atoms with E-state index in [9.17, 15) is 4.79 Å². The zero-order valence-electron chi connectivity index (χ0n) is 10.7. The monoisotopic (exact) mass is 259 g/mol. The summed E-state index contributed by atoms with van der Waals surface area (Å²) < 4.78 is 5.26. The van der Waals surface area contributed by atoms with Crippen LogP contribution in [-0.2, 0) is 0 Å². The van der Waals surface area contributed by atoms with Gasteiger partial charge in [0.1, 0.15) is 5.69 Å². The third kappa shape index (κ3) is 2.70. The largest absolute Gasteiger partial charge is 0.463 e. The van der Waals surface area contributed by atoms with E-state index in [1.54, 1.807) is 18.4 Å². The summed E-state index contributed by atoms with van der Waals surface area (Å²) in [6.45, 7) is 0. The van der Waals surface area contributed by atoms with E-state index in [4.69, 9.17) is 4.42 Å². The topological polar surface area (TPSA) is 70.9 Å². The molecule has 0 spiro atoms. The van der Waals surface area contributed by atoms with E-state index < -0.39 is 0 Å². The van der Waals surface area contributed by atoms with Gasteiger partial charge in [0.2, 0.25) is 0 Å². The van der Waals surface area contributed by atoms with Crippen molar-refractivity contribution >= 4 is 5.91 Å². The number of carbonyl (C=O) groups excluding carboxylic acids is 1. The molecule has 100 valence electrons. The average Bonchev–Trinajstić information content (AvgIpc) is 3.11. The molecule has 2 heterocycles. The van der Waals surface area contributed by atoms with Gasteiger partial charge in [-0.25, -0.2) is 0 Å². The van der Waals surface area contributed by atoms with Crippen LogP contribution in [0, 0.1) is 0 Å². The second kappa shape index (κ2) is 5.30. The first-order valence-electron chi connectivity index (χ1n) is 6.73. The molecule has 0 aliphatic heterocycles. The van der Waals surface area contributed by atoms with Gasteiger partial charge in [0.05, 0.1) is 6.26 Å². The predicted octanol–water partition coefficient (Wildman–Crippen LogP) is 2.73. The summed E-state index contributed by atoms with van der Waals surface area (Å²) in [5, 5.41) is 9.90. The van der Waals surface area contributed by atoms with Crippen LogP contribution in [0.5, 0.6) is 0 Å². The van der Waals surface area contributed by atoms with Crippen LogP contribution < -0.4 is 5.32 Å². The summed E-state index contributed by atoms with van der Waals surface area (Å²) >= 11 is 0. The second-order valence-electron chi connectivity index (χ2n) is 4.95. The van der Waals surface area contributed by atoms with E-state index in [0.717, 1.165) is 18.5 Å². The summed E-state index contributed by atoms with van der Waals surface area (Å²) in [6, 6.07) is 5.65. The van der Waals surface area contributed by atoms with Gasteiger partial charge in [0.15, 0.2) is 11.5 Å². The van der Waals surface area contributed by atoms with Gasteiger partial charge in [-0.1, -0.05) is 19.3 Å². The molecule has 2 aromatic rings. The Kier molecular flexibility index (Phi) is 3.35. The normalized spacial score (nSPS) is 16.4. The molecule has 0 radical (unpaired) electrons. The fraction of sp³-hybridized carbons (Fsp3) is 0.429. The number of amides is 1. The molecule has 0 saturated heterocycles. The van der Waals surface area contributed by atoms with Crippen LogP contribution in [0.25, 0.3) is 11.5 Å². The smallest absolute Gasteiger partial charge is 0.272 e. The molecule has 5 heteroatoms. The number of hydrogen-bond acceptors (Lipinski definition) is 3. The highest BCUT2D eigenvalue weighted by Crippen LogP contribution is 2.19. The minimum atomic E-state index is -0.110. The van der Waals surface area contributed by atoms with E-state index >= 15 is 0 Å². The molecule has 1 amide bonds. The van der Waals surface area contributed by atoms with Gasteiger partial charge < -0.3 is 9.73 Å². The third-order valence-electron chi connectivity index (χ3n) is 3.54. The molecule has 1 aliphatic carbocycles. The maximum Gasteiger partial charge on any atom is 0.272 e. The quantitative estimate of drug-likeness (QED) is 0.890. The number of aromatic nitrogens is 2. The van der Waals surface area contributed by atoms with Gasteiger partial charge in [-0.05, 0) is 25.0 Å². The molecule has 2 aromatic heterocycles. The molecule has 0 atom stereocenters. The Hall–Kier alpha value is -2.04. The molecule has 0 bridgehead atoms. The van der Waals surface area contributed by atoms with Crippen LogP contribution in [0.15, 0.2) is 28.9 Å². The van der Waals surface area contributed by atoms with Gasteiger partial charge in [-0.15, -0.1) is 0 Å². The highest BCUT2D eigenvalue weighted by molar-refractivity contribution is 5.93. The summed E-state index contributed by atoms with van der Waals surface area (Å²) in [5.74, 6) is 0.574. The van der Waals surface area contributed by atoms with E-state index in [2.05, 4.69) is 15.5 Å². The van der Waals surface area contributed by atoms with Crippen molar-refractivity contribution in [2.24, 2.45) is 0 Å². The van der Waals surface area contributed by atoms with Crippen molar-refractivity contribution in [2.75, 3.05) is 0 Å². The Labute approximate surface area is 111 Å². The summed E-state index contributed by atoms with van der Waals surface area (Å²) in [4.78, 5) is 12.1. The molecule has 3 rings (SSSR count). The highest BCUT2D eigenvalue weighted by Gasteiger charge is 2.18. The molecule has 5 nitrogen and oxygen atoms in total. The van der Waals surface area contributed by atoms with Crippen molar-refractivity contribution in [3.05, 3.63) is 30.2 Å². The third-order valence-corrected chi connectivity index (χ3v) is 3.54. The van der Waals surface area contributed by atoms with Crippen molar-refractivity contribution in [3.63, 3.8) is 0 Å². The lowest BCUT2D eigenvalue weighted by atomic mass is 9.95. The zero-order valence-corrected chi connectivity index (χ0v) is 10.7. The number of furan rings is 1. The minimum Gasteiger partial charge on any atom is -0.463 e. The summed E-state index contributed by atoms with van der Waals surface area (Å²) in [5.41, 5.74) is 1.13. The Morgan fingerprint density at radius 3 is 2.95 bits per heavy atom. The van der Waals surface area contributed by atoms with Gasteiger partial charge in [-0.2, -0.15) is 5.10 Å². The Morgan fingerprint density at radius 1 is 1.37 bits per heavy atom. The van der Waals surface area contributed by atoms with E-state index in [1.807, 2.05) is 6.07 Å². The first-order valence-corrected chi connectivity index (χ1v) is 6.73. The number of nitrogens with one attached hydrogen (secondary N) is 2. The first-order chi connectivity index (χ1) is 9.33. The second-order valence-corrected chi connectivity index (χ2v) is 4.95. The van der Waals surface area contributed by atoms with E-state index in [1.165, 1.54) is 19.3 Å². The molecule has 0 unspecified atom stereocenters. The van der Waals surface area contributed by atoms with Crippen molar-refractivity contribution < 1.29 is 9.21 Å². The molecule has 2 N–H and O–H groups in total. The SMILES string of the molecule is O=C(NC1CCCCC1)c1cc(-c2ccco2)[nH]n1. The molecule has 1 saturated carbocycles. The Morgan fingerprint density at radius 2 is 2.21 bits per heavy atom. The maximum atomic E-state index is 12.1. The molecule has 1 fully saturated rings. The van der Waals surface area contributed by atoms with Crippen LogP contribution >= 0.6 is 0 Å². The van der Waals surface area contributed by atoms with Crippen LogP contribution in [0.3, 0.4) is 0 Å². The number of hydrogen-bond donors (Lipinski definition) is 2. The number of aromatic amines is 1. The molecule has 1 aliphatic rings. The van der Waals surface area contributed by atoms with Gasteiger partial charge in [0.25, 0.3) is 5.91 Å². The first kappa shape index (κ1) is 12.0. The van der Waals surface area contributed by atoms with Crippen LogP contribution in [-0.4, -0.2) is 22.1 Å². The van der Waals surface area contributed by atoms with Crippen LogP contribution in [0.1, 0.15) is 42.6 Å². The maximum absolute atomic E-state index is 12.1. The fourth-order valence-corrected chi connectivity index (χ4v) is 2.50. The van der Waals surface area contributed by atoms with Gasteiger partial charge >= 0.3 is 0 Å². The number of H-pyrrole nitrogens is 1. The number of rotatable bonds is 3. The zero-order chi connectivity index (χ0) is 13.1. The Balaban J connectivity index is 1.67. The van der Waals surface area contributed by atoms with Crippen LogP contribution in [0.2, 0.25) is 0 Å². The molecule has 19 heavy (non-hydrogen) atoms. The number of nitrogens with zero attached hydrogens (tertiary/aromatic N) is 1. The lowest BCUT2D eigenvalue weighted by molar-refractivity contribution is 0.0922. The van der Waals surface area contributed by atoms with Crippen molar-refractivity contribution in [2.45, 2.75) is 38.1 Å². The van der Waals surface area contributed by atoms with Crippen molar-refractivity contribution in [1.29, 1.82) is 0 Å². The van der Waals surface area contributed by atoms with Crippen molar-refractivity contribution in [1.82, 2.24) is 15.5 Å². The van der Waals surface area contributed by atoms with Gasteiger partial charge in [0, 0.05) is 12.1 Å². The van der Waals surface area contributed by atoms with E-state index in [-0.39, 0.29) is 5.91 Å². The highest BCUT2D eigenvalue weighted by atomic mass is 16.3. The fourth-order valence-electron chi connectivity index (χ4n) is 2.50. The molecule has 0 aromatic carbocycles. The summed E-state index contributed by atoms with van der Waals surface area (Å²) in [6.07, 6.45) is 7.41. The molecular weight excluding hydrogens is 242 g/mol. The minimum absolute atomic E-state index is 0.110. The summed E-state index contributed by atoms with van der Waals surface area (Å²) in [7, 11) is 0. The number of carbonyl (C=O) groups is 1. The van der Waals surface area contributed by atoms with Crippen LogP contribution in [0.4, 0.5) is 0 Å². The average molecular weight is 259 g/mol. The predicted molar refractivity (Wildman–Crippen MR) is 70.6 cm³/mol.